The number of likely N-dealkylation sites (tertiary alicyclic amines) is 1. The van der Waals surface area contributed by atoms with Gasteiger partial charge in [0.05, 0.1) is 5.69 Å². The molecular weight excluding hydrogens is 573 g/mol. The van der Waals surface area contributed by atoms with Crippen LogP contribution in [-0.2, 0) is 10.2 Å². The number of aromatic amines is 1. The number of nitrogens with zero attached hydrogens (tertiary/aromatic N) is 2. The van der Waals surface area contributed by atoms with Crippen molar-refractivity contribution in [3.05, 3.63) is 93.2 Å². The van der Waals surface area contributed by atoms with Gasteiger partial charge in [0.15, 0.2) is 0 Å². The maximum absolute atomic E-state index is 13.4. The highest BCUT2D eigenvalue weighted by molar-refractivity contribution is 5.95. The minimum Gasteiger partial charge on any atom is -0.406 e. The number of carbonyl (C=O) groups is 2. The molecule has 5 rings (SSSR count). The lowest BCUT2D eigenvalue weighted by Crippen LogP contribution is -2.52. The van der Waals surface area contributed by atoms with Gasteiger partial charge in [0.25, 0.3) is 11.5 Å². The molecule has 11 heteroatoms. The predicted octanol–water partition coefficient (Wildman–Crippen LogP) is 5.58. The van der Waals surface area contributed by atoms with Crippen molar-refractivity contribution < 1.29 is 27.5 Å². The van der Waals surface area contributed by atoms with E-state index < -0.39 is 11.9 Å². The molecule has 0 radical (unpaired) electrons. The number of rotatable bonds is 8. The minimum absolute atomic E-state index is 0.0290. The topological polar surface area (TPSA) is 104 Å². The molecule has 3 aromatic rings. The Hall–Kier alpha value is -4.15. The fourth-order valence-electron chi connectivity index (χ4n) is 6.23. The average Bonchev–Trinajstić information content (AvgIpc) is 2.95. The van der Waals surface area contributed by atoms with Crippen LogP contribution in [0.25, 0.3) is 0 Å². The van der Waals surface area contributed by atoms with Crippen LogP contribution < -0.4 is 15.6 Å². The Morgan fingerprint density at radius 3 is 2.27 bits per heavy atom. The van der Waals surface area contributed by atoms with E-state index in [2.05, 4.69) is 20.0 Å². The number of alkyl halides is 3. The summed E-state index contributed by atoms with van der Waals surface area (Å²) in [6, 6.07) is 15.8. The zero-order valence-electron chi connectivity index (χ0n) is 25.0. The van der Waals surface area contributed by atoms with Gasteiger partial charge in [-0.15, -0.1) is 13.2 Å². The van der Waals surface area contributed by atoms with Gasteiger partial charge in [-0.1, -0.05) is 56.3 Å². The van der Waals surface area contributed by atoms with Crippen LogP contribution in [0.1, 0.15) is 84.4 Å². The van der Waals surface area contributed by atoms with E-state index in [-0.39, 0.29) is 46.3 Å². The lowest BCUT2D eigenvalue weighted by atomic mass is 9.70. The van der Waals surface area contributed by atoms with Gasteiger partial charge < -0.3 is 19.9 Å². The lowest BCUT2D eigenvalue weighted by molar-refractivity contribution is -0.274. The quantitative estimate of drug-likeness (QED) is 0.347. The van der Waals surface area contributed by atoms with Crippen LogP contribution in [0.15, 0.2) is 59.4 Å². The Morgan fingerprint density at radius 2 is 1.70 bits per heavy atom. The smallest absolute Gasteiger partial charge is 0.406 e. The third kappa shape index (κ3) is 6.81. The summed E-state index contributed by atoms with van der Waals surface area (Å²) in [7, 11) is 0. The molecule has 2 N–H and O–H groups in total. The number of aryl methyl sites for hydroxylation is 1. The van der Waals surface area contributed by atoms with Gasteiger partial charge in [0.2, 0.25) is 5.91 Å². The molecule has 1 saturated carbocycles. The first kappa shape index (κ1) is 31.3. The van der Waals surface area contributed by atoms with Gasteiger partial charge in [-0.3, -0.25) is 14.4 Å². The van der Waals surface area contributed by atoms with Crippen molar-refractivity contribution in [3.63, 3.8) is 0 Å². The summed E-state index contributed by atoms with van der Waals surface area (Å²) in [4.78, 5) is 48.3. The Balaban J connectivity index is 1.21. The Morgan fingerprint density at radius 1 is 1.07 bits per heavy atom. The van der Waals surface area contributed by atoms with Crippen molar-refractivity contribution >= 4 is 11.8 Å². The monoisotopic (exact) mass is 610 g/mol. The molecule has 1 aromatic heterocycles. The maximum Gasteiger partial charge on any atom is 0.573 e. The number of aromatic nitrogens is 2. The lowest BCUT2D eigenvalue weighted by Gasteiger charge is -2.43. The number of hydrogen-bond donors (Lipinski definition) is 2. The summed E-state index contributed by atoms with van der Waals surface area (Å²) in [6.45, 7) is 6.79. The van der Waals surface area contributed by atoms with Gasteiger partial charge in [-0.25, -0.2) is 4.98 Å². The van der Waals surface area contributed by atoms with Crippen LogP contribution in [0.2, 0.25) is 0 Å². The molecular formula is C33H37F3N4O4. The fourth-order valence-corrected chi connectivity index (χ4v) is 6.23. The van der Waals surface area contributed by atoms with E-state index in [4.69, 9.17) is 0 Å². The molecule has 1 aliphatic carbocycles. The molecule has 2 aromatic carbocycles. The van der Waals surface area contributed by atoms with Gasteiger partial charge in [-0.2, -0.15) is 0 Å². The van der Waals surface area contributed by atoms with Gasteiger partial charge in [-0.05, 0) is 61.8 Å². The molecule has 0 spiro atoms. The van der Waals surface area contributed by atoms with E-state index in [9.17, 15) is 27.6 Å². The summed E-state index contributed by atoms with van der Waals surface area (Å²) in [5.41, 5.74) is 1.63. The van der Waals surface area contributed by atoms with Gasteiger partial charge in [0, 0.05) is 36.9 Å². The highest BCUT2D eigenvalue weighted by Crippen LogP contribution is 2.43. The number of ether oxygens (including phenoxy) is 1. The number of nitrogens with one attached hydrogen (secondary N) is 2. The largest absolute Gasteiger partial charge is 0.573 e. The number of hydrogen-bond acceptors (Lipinski definition) is 5. The molecule has 1 saturated heterocycles. The Kier molecular flexibility index (Phi) is 8.85. The highest BCUT2D eigenvalue weighted by Gasteiger charge is 2.41. The zero-order valence-corrected chi connectivity index (χ0v) is 25.0. The SMILES string of the molecule is Cc1nc(C(C)C)[nH]c(=O)c1C(=O)N1CCC(CNC(=O)C2CC(c3ccc(OC(F)(F)F)cc3)C2)(c2ccccc2)CC1. The summed E-state index contributed by atoms with van der Waals surface area (Å²) in [5.74, 6) is -0.165. The second-order valence-corrected chi connectivity index (χ2v) is 12.2. The first-order valence-corrected chi connectivity index (χ1v) is 14.9. The molecule has 8 nitrogen and oxygen atoms in total. The van der Waals surface area contributed by atoms with Crippen molar-refractivity contribution in [3.8, 4) is 5.75 Å². The first-order valence-electron chi connectivity index (χ1n) is 14.9. The fraction of sp³-hybridized carbons (Fsp3) is 0.455. The number of benzene rings is 2. The third-order valence-electron chi connectivity index (χ3n) is 8.97. The van der Waals surface area contributed by atoms with E-state index in [1.54, 1.807) is 24.0 Å². The van der Waals surface area contributed by atoms with Crippen molar-refractivity contribution in [1.29, 1.82) is 0 Å². The molecule has 234 valence electrons. The molecule has 1 aliphatic heterocycles. The van der Waals surface area contributed by atoms with Crippen LogP contribution >= 0.6 is 0 Å². The zero-order chi connectivity index (χ0) is 31.6. The Bertz CT molecular complexity index is 1540. The maximum atomic E-state index is 13.4. The molecule has 0 atom stereocenters. The second-order valence-electron chi connectivity index (χ2n) is 12.2. The molecule has 0 bridgehead atoms. The first-order chi connectivity index (χ1) is 20.8. The predicted molar refractivity (Wildman–Crippen MR) is 159 cm³/mol. The van der Waals surface area contributed by atoms with E-state index >= 15 is 0 Å². The summed E-state index contributed by atoms with van der Waals surface area (Å²) in [6.07, 6.45) is -2.29. The van der Waals surface area contributed by atoms with Crippen LogP contribution in [0.3, 0.4) is 0 Å². The molecule has 44 heavy (non-hydrogen) atoms. The third-order valence-corrected chi connectivity index (χ3v) is 8.97. The minimum atomic E-state index is -4.74. The van der Waals surface area contributed by atoms with E-state index in [1.165, 1.54) is 12.1 Å². The van der Waals surface area contributed by atoms with Crippen LogP contribution in [0.4, 0.5) is 13.2 Å². The molecule has 0 unspecified atom stereocenters. The number of carbonyl (C=O) groups excluding carboxylic acids is 2. The Labute approximate surface area is 254 Å². The van der Waals surface area contributed by atoms with Gasteiger partial charge >= 0.3 is 6.36 Å². The molecule has 2 aliphatic rings. The van der Waals surface area contributed by atoms with Gasteiger partial charge in [0.1, 0.15) is 17.1 Å². The second kappa shape index (κ2) is 12.5. The summed E-state index contributed by atoms with van der Waals surface area (Å²) >= 11 is 0. The van der Waals surface area contributed by atoms with E-state index in [1.807, 2.05) is 44.2 Å². The number of halogens is 3. The summed E-state index contributed by atoms with van der Waals surface area (Å²) < 4.78 is 41.3. The van der Waals surface area contributed by atoms with E-state index in [0.717, 1.165) is 11.1 Å². The average molecular weight is 611 g/mol. The normalized spacial score (nSPS) is 19.8. The van der Waals surface area contributed by atoms with Crippen LogP contribution in [-0.4, -0.2) is 52.7 Å². The van der Waals surface area contributed by atoms with E-state index in [0.29, 0.717) is 56.8 Å². The number of H-pyrrole nitrogens is 1. The van der Waals surface area contributed by atoms with Crippen LogP contribution in [0, 0.1) is 12.8 Å². The molecule has 2 fully saturated rings. The molecule has 2 heterocycles. The van der Waals surface area contributed by atoms with Crippen molar-refractivity contribution in [1.82, 2.24) is 20.2 Å². The van der Waals surface area contributed by atoms with Crippen molar-refractivity contribution in [2.75, 3.05) is 19.6 Å². The molecule has 2 amide bonds. The van der Waals surface area contributed by atoms with Crippen LogP contribution in [0.5, 0.6) is 5.75 Å². The number of piperidine rings is 1. The standard InChI is InChI=1S/C33H37F3N4O4/c1-20(2)28-38-21(3)27(30(42)39-28)31(43)40-15-13-32(14-16-40,25-7-5-4-6-8-25)19-37-29(41)24-17-23(18-24)22-9-11-26(12-10-22)44-33(34,35)36/h4-12,20,23-24H,13-19H2,1-3H3,(H,37,41)(H,38,39,42). The summed E-state index contributed by atoms with van der Waals surface area (Å²) in [5, 5.41) is 3.16. The number of amides is 2. The van der Waals surface area contributed by atoms with Crippen molar-refractivity contribution in [2.24, 2.45) is 5.92 Å². The van der Waals surface area contributed by atoms with Crippen molar-refractivity contribution in [2.45, 2.75) is 70.1 Å². The highest BCUT2D eigenvalue weighted by atomic mass is 19.4.